The second kappa shape index (κ2) is 5.47. The maximum atomic E-state index is 12.8. The Morgan fingerprint density at radius 2 is 2.10 bits per heavy atom. The van der Waals surface area contributed by atoms with Gasteiger partial charge in [0.05, 0.1) is 23.4 Å². The Balaban J connectivity index is 2.23. The molecule has 0 aliphatic heterocycles. The lowest BCUT2D eigenvalue weighted by molar-refractivity contribution is -0.138. The van der Waals surface area contributed by atoms with Gasteiger partial charge in [-0.25, -0.2) is 4.79 Å². The fourth-order valence-corrected chi connectivity index (χ4v) is 1.83. The van der Waals surface area contributed by atoms with Gasteiger partial charge in [-0.2, -0.15) is 18.3 Å². The number of nitrogens with zero attached hydrogens (tertiary/aromatic N) is 2. The average molecular weight is 299 g/mol. The Hall–Kier alpha value is -2.51. The fourth-order valence-electron chi connectivity index (χ4n) is 1.83. The molecule has 112 valence electrons. The molecule has 1 heterocycles. The molecule has 0 bridgehead atoms. The summed E-state index contributed by atoms with van der Waals surface area (Å²) >= 11 is 0. The second-order valence-corrected chi connectivity index (χ2v) is 4.40. The third kappa shape index (κ3) is 3.53. The van der Waals surface area contributed by atoms with Crippen LogP contribution in [0.3, 0.4) is 0 Å². The summed E-state index contributed by atoms with van der Waals surface area (Å²) in [7, 11) is 1.73. The molecule has 0 aliphatic rings. The quantitative estimate of drug-likeness (QED) is 0.911. The monoisotopic (exact) mass is 299 g/mol. The Bertz CT molecular complexity index is 665. The van der Waals surface area contributed by atoms with Gasteiger partial charge in [-0.3, -0.25) is 4.68 Å². The highest BCUT2D eigenvalue weighted by Crippen LogP contribution is 2.33. The molecule has 0 unspecified atom stereocenters. The molecule has 0 spiro atoms. The van der Waals surface area contributed by atoms with Gasteiger partial charge in [-0.05, 0) is 24.3 Å². The van der Waals surface area contributed by atoms with E-state index in [9.17, 15) is 18.0 Å². The number of aryl methyl sites for hydroxylation is 1. The predicted octanol–water partition coefficient (Wildman–Crippen LogP) is 2.75. The minimum atomic E-state index is -4.73. The van der Waals surface area contributed by atoms with Gasteiger partial charge in [0.1, 0.15) is 0 Å². The minimum absolute atomic E-state index is 0.179. The van der Waals surface area contributed by atoms with Crippen LogP contribution in [0, 0.1) is 0 Å². The molecule has 8 heteroatoms. The van der Waals surface area contributed by atoms with Crippen LogP contribution in [0.15, 0.2) is 30.5 Å². The molecule has 0 amide bonds. The lowest BCUT2D eigenvalue weighted by atomic mass is 10.1. The predicted molar refractivity (Wildman–Crippen MR) is 68.9 cm³/mol. The van der Waals surface area contributed by atoms with Gasteiger partial charge in [0, 0.05) is 18.9 Å². The number of carbonyl (C=O) groups is 1. The number of nitrogens with one attached hydrogen (secondary N) is 1. The second-order valence-electron chi connectivity index (χ2n) is 4.40. The summed E-state index contributed by atoms with van der Waals surface area (Å²) in [6, 6.07) is 4.74. The SMILES string of the molecule is Cn1ccc(CNc2ccc(C(=O)O)c(C(F)(F)F)c2)n1. The normalized spacial score (nSPS) is 11.4. The van der Waals surface area contributed by atoms with E-state index in [1.807, 2.05) is 0 Å². The Labute approximate surface area is 118 Å². The van der Waals surface area contributed by atoms with Crippen molar-refractivity contribution in [2.45, 2.75) is 12.7 Å². The highest BCUT2D eigenvalue weighted by atomic mass is 19.4. The van der Waals surface area contributed by atoms with Crippen molar-refractivity contribution < 1.29 is 23.1 Å². The van der Waals surface area contributed by atoms with E-state index in [1.165, 1.54) is 6.07 Å². The highest BCUT2D eigenvalue weighted by Gasteiger charge is 2.35. The maximum Gasteiger partial charge on any atom is 0.417 e. The van der Waals surface area contributed by atoms with Crippen LogP contribution in [-0.4, -0.2) is 20.9 Å². The van der Waals surface area contributed by atoms with Crippen LogP contribution in [-0.2, 0) is 19.8 Å². The largest absolute Gasteiger partial charge is 0.478 e. The molecule has 2 rings (SSSR count). The Kier molecular flexibility index (Phi) is 3.88. The van der Waals surface area contributed by atoms with Crippen molar-refractivity contribution in [3.05, 3.63) is 47.3 Å². The van der Waals surface area contributed by atoms with E-state index in [0.29, 0.717) is 5.69 Å². The fraction of sp³-hybridized carbons (Fsp3) is 0.231. The van der Waals surface area contributed by atoms with Crippen LogP contribution in [0.25, 0.3) is 0 Å². The number of alkyl halides is 3. The Morgan fingerprint density at radius 1 is 1.38 bits per heavy atom. The van der Waals surface area contributed by atoms with E-state index < -0.39 is 23.3 Å². The molecule has 2 aromatic rings. The molecule has 1 aromatic carbocycles. The first-order chi connectivity index (χ1) is 9.77. The van der Waals surface area contributed by atoms with Crippen molar-refractivity contribution in [1.82, 2.24) is 9.78 Å². The summed E-state index contributed by atoms with van der Waals surface area (Å²) in [6.45, 7) is 0.241. The lowest BCUT2D eigenvalue weighted by Gasteiger charge is -2.13. The molecule has 2 N–H and O–H groups in total. The number of aromatic carboxylic acids is 1. The summed E-state index contributed by atoms with van der Waals surface area (Å²) in [5.41, 5.74) is -1.11. The van der Waals surface area contributed by atoms with E-state index in [4.69, 9.17) is 5.11 Å². The smallest absolute Gasteiger partial charge is 0.417 e. The molecule has 0 aliphatic carbocycles. The van der Waals surface area contributed by atoms with Gasteiger partial charge in [0.15, 0.2) is 0 Å². The van der Waals surface area contributed by atoms with Crippen molar-refractivity contribution in [2.24, 2.45) is 7.05 Å². The van der Waals surface area contributed by atoms with Gasteiger partial charge < -0.3 is 10.4 Å². The number of benzene rings is 1. The average Bonchev–Trinajstić information content (AvgIpc) is 2.81. The molecular formula is C13H12F3N3O2. The Morgan fingerprint density at radius 3 is 2.62 bits per heavy atom. The number of hydrogen-bond donors (Lipinski definition) is 2. The van der Waals surface area contributed by atoms with Crippen molar-refractivity contribution in [3.63, 3.8) is 0 Å². The van der Waals surface area contributed by atoms with Crippen molar-refractivity contribution in [1.29, 1.82) is 0 Å². The van der Waals surface area contributed by atoms with Crippen LogP contribution in [0.5, 0.6) is 0 Å². The third-order valence-electron chi connectivity index (χ3n) is 2.80. The van der Waals surface area contributed by atoms with Crippen LogP contribution < -0.4 is 5.32 Å². The summed E-state index contributed by atoms with van der Waals surface area (Å²) in [6.07, 6.45) is -3.01. The number of carboxylic acids is 1. The van der Waals surface area contributed by atoms with E-state index in [0.717, 1.165) is 12.1 Å². The third-order valence-corrected chi connectivity index (χ3v) is 2.80. The number of aromatic nitrogens is 2. The zero-order valence-corrected chi connectivity index (χ0v) is 11.0. The molecule has 21 heavy (non-hydrogen) atoms. The number of carboxylic acid groups (broad SMARTS) is 1. The maximum absolute atomic E-state index is 12.8. The summed E-state index contributed by atoms with van der Waals surface area (Å²) in [5, 5.41) is 15.7. The zero-order chi connectivity index (χ0) is 15.6. The van der Waals surface area contributed by atoms with E-state index >= 15 is 0 Å². The first kappa shape index (κ1) is 14.9. The van der Waals surface area contributed by atoms with Crippen LogP contribution in [0.2, 0.25) is 0 Å². The lowest BCUT2D eigenvalue weighted by Crippen LogP contribution is -2.13. The topological polar surface area (TPSA) is 67.2 Å². The molecule has 0 radical (unpaired) electrons. The van der Waals surface area contributed by atoms with E-state index in [2.05, 4.69) is 10.4 Å². The first-order valence-corrected chi connectivity index (χ1v) is 5.94. The van der Waals surface area contributed by atoms with Crippen LogP contribution in [0.4, 0.5) is 18.9 Å². The standard InChI is InChI=1S/C13H12F3N3O2/c1-19-5-4-9(18-19)7-17-8-2-3-10(12(20)21)11(6-8)13(14,15)16/h2-6,17H,7H2,1H3,(H,20,21). The van der Waals surface area contributed by atoms with Gasteiger partial charge >= 0.3 is 12.1 Å². The van der Waals surface area contributed by atoms with Gasteiger partial charge in [0.25, 0.3) is 0 Å². The summed E-state index contributed by atoms with van der Waals surface area (Å²) in [5.74, 6) is -1.61. The molecule has 0 atom stereocenters. The summed E-state index contributed by atoms with van der Waals surface area (Å²) < 4.78 is 40.1. The minimum Gasteiger partial charge on any atom is -0.478 e. The van der Waals surface area contributed by atoms with Crippen LogP contribution in [0.1, 0.15) is 21.6 Å². The van der Waals surface area contributed by atoms with Gasteiger partial charge in [0.2, 0.25) is 0 Å². The highest BCUT2D eigenvalue weighted by molar-refractivity contribution is 5.90. The molecule has 0 fully saturated rings. The molecule has 5 nitrogen and oxygen atoms in total. The van der Waals surface area contributed by atoms with E-state index in [1.54, 1.807) is 24.0 Å². The number of anilines is 1. The zero-order valence-electron chi connectivity index (χ0n) is 11.0. The molecular weight excluding hydrogens is 287 g/mol. The van der Waals surface area contributed by atoms with E-state index in [-0.39, 0.29) is 12.2 Å². The van der Waals surface area contributed by atoms with Crippen LogP contribution >= 0.6 is 0 Å². The number of hydrogen-bond acceptors (Lipinski definition) is 3. The van der Waals surface area contributed by atoms with Crippen molar-refractivity contribution in [2.75, 3.05) is 5.32 Å². The molecule has 0 saturated heterocycles. The molecule has 1 aromatic heterocycles. The first-order valence-electron chi connectivity index (χ1n) is 5.94. The van der Waals surface area contributed by atoms with Gasteiger partial charge in [-0.1, -0.05) is 0 Å². The summed E-state index contributed by atoms with van der Waals surface area (Å²) in [4.78, 5) is 10.8. The molecule has 0 saturated carbocycles. The number of halogens is 3. The van der Waals surface area contributed by atoms with Crippen molar-refractivity contribution in [3.8, 4) is 0 Å². The van der Waals surface area contributed by atoms with Crippen molar-refractivity contribution >= 4 is 11.7 Å². The number of rotatable bonds is 4. The van der Waals surface area contributed by atoms with Gasteiger partial charge in [-0.15, -0.1) is 0 Å².